The number of carbonyl (C=O) groups is 1. The van der Waals surface area contributed by atoms with E-state index in [4.69, 9.17) is 5.11 Å². The van der Waals surface area contributed by atoms with Gasteiger partial charge in [-0.3, -0.25) is 4.79 Å². The van der Waals surface area contributed by atoms with E-state index < -0.39 is 22.5 Å². The first kappa shape index (κ1) is 14.6. The molecule has 0 aromatic carbocycles. The van der Waals surface area contributed by atoms with E-state index in [-0.39, 0.29) is 10.8 Å². The molecule has 1 N–H and O–H groups in total. The molecule has 0 saturated carbocycles. The van der Waals surface area contributed by atoms with E-state index in [2.05, 4.69) is 15.9 Å². The zero-order valence-corrected chi connectivity index (χ0v) is 12.3. The Hall–Kier alpha value is -0.440. The van der Waals surface area contributed by atoms with Crippen molar-refractivity contribution in [3.05, 3.63) is 15.9 Å². The van der Waals surface area contributed by atoms with Gasteiger partial charge in [0.15, 0.2) is 0 Å². The molecule has 5 nitrogen and oxygen atoms in total. The predicted molar refractivity (Wildman–Crippen MR) is 68.7 cm³/mol. The molecule has 0 aliphatic carbocycles. The first-order valence-corrected chi connectivity index (χ1v) is 7.90. The van der Waals surface area contributed by atoms with Crippen molar-refractivity contribution in [1.82, 2.24) is 4.31 Å². The van der Waals surface area contributed by atoms with Crippen LogP contribution in [0.5, 0.6) is 0 Å². The summed E-state index contributed by atoms with van der Waals surface area (Å²) in [6, 6.07) is 3.09. The molecule has 96 valence electrons. The summed E-state index contributed by atoms with van der Waals surface area (Å²) in [5.74, 6) is -1.15. The lowest BCUT2D eigenvalue weighted by atomic mass is 10.5. The van der Waals surface area contributed by atoms with E-state index in [1.165, 1.54) is 6.07 Å². The zero-order valence-electron chi connectivity index (χ0n) is 9.09. The summed E-state index contributed by atoms with van der Waals surface area (Å²) in [5, 5.41) is 8.71. The Balaban J connectivity index is 3.03. The highest BCUT2D eigenvalue weighted by Gasteiger charge is 2.27. The van der Waals surface area contributed by atoms with E-state index in [1.54, 1.807) is 13.0 Å². The molecule has 17 heavy (non-hydrogen) atoms. The topological polar surface area (TPSA) is 74.7 Å². The normalized spacial score (nSPS) is 11.9. The van der Waals surface area contributed by atoms with Crippen LogP contribution in [0.1, 0.15) is 13.3 Å². The van der Waals surface area contributed by atoms with E-state index in [1.807, 2.05) is 0 Å². The minimum atomic E-state index is -3.70. The summed E-state index contributed by atoms with van der Waals surface area (Å²) in [6.45, 7) is 1.49. The standard InChI is InChI=1S/C9H12BrNO4S2/c1-2-5-11(6-8(12)13)17(14,15)9-4-3-7(10)16-9/h3-4H,2,5-6H2,1H3,(H,12,13). The molecular formula is C9H12BrNO4S2. The Morgan fingerprint density at radius 3 is 2.59 bits per heavy atom. The second-order valence-corrected chi connectivity index (χ2v) is 7.92. The monoisotopic (exact) mass is 341 g/mol. The maximum Gasteiger partial charge on any atom is 0.318 e. The van der Waals surface area contributed by atoms with Gasteiger partial charge in [0.2, 0.25) is 0 Å². The van der Waals surface area contributed by atoms with Crippen LogP contribution >= 0.6 is 27.3 Å². The lowest BCUT2D eigenvalue weighted by Gasteiger charge is -2.18. The molecule has 1 heterocycles. The molecule has 1 rings (SSSR count). The van der Waals surface area contributed by atoms with Crippen molar-refractivity contribution in [2.24, 2.45) is 0 Å². The molecule has 1 aromatic rings. The number of carboxylic acid groups (broad SMARTS) is 1. The predicted octanol–water partition coefficient (Wildman–Crippen LogP) is 2.00. The van der Waals surface area contributed by atoms with Gasteiger partial charge in [0.05, 0.1) is 3.79 Å². The number of nitrogens with zero attached hydrogens (tertiary/aromatic N) is 1. The summed E-state index contributed by atoms with van der Waals surface area (Å²) in [4.78, 5) is 10.7. The van der Waals surface area contributed by atoms with Crippen molar-refractivity contribution in [2.45, 2.75) is 17.6 Å². The number of hydrogen-bond donors (Lipinski definition) is 1. The van der Waals surface area contributed by atoms with E-state index in [0.717, 1.165) is 15.6 Å². The number of thiophene rings is 1. The van der Waals surface area contributed by atoms with E-state index >= 15 is 0 Å². The maximum atomic E-state index is 12.1. The number of sulfonamides is 1. The quantitative estimate of drug-likeness (QED) is 0.858. The Morgan fingerprint density at radius 1 is 1.53 bits per heavy atom. The van der Waals surface area contributed by atoms with Crippen molar-refractivity contribution in [1.29, 1.82) is 0 Å². The van der Waals surface area contributed by atoms with Crippen LogP contribution in [0.15, 0.2) is 20.1 Å². The Morgan fingerprint density at radius 2 is 2.18 bits per heavy atom. The van der Waals surface area contributed by atoms with Crippen molar-refractivity contribution in [2.75, 3.05) is 13.1 Å². The van der Waals surface area contributed by atoms with Crippen molar-refractivity contribution in [3.8, 4) is 0 Å². The van der Waals surface area contributed by atoms with Crippen LogP contribution in [0, 0.1) is 0 Å². The summed E-state index contributed by atoms with van der Waals surface area (Å²) < 4.78 is 26.1. The highest BCUT2D eigenvalue weighted by molar-refractivity contribution is 9.11. The fourth-order valence-corrected chi connectivity index (χ4v) is 4.89. The van der Waals surface area contributed by atoms with Crippen LogP contribution in [0.3, 0.4) is 0 Å². The molecule has 0 spiro atoms. The molecule has 8 heteroatoms. The summed E-state index contributed by atoms with van der Waals surface area (Å²) >= 11 is 4.25. The van der Waals surface area contributed by atoms with E-state index in [0.29, 0.717) is 10.2 Å². The molecule has 0 saturated heterocycles. The summed E-state index contributed by atoms with van der Waals surface area (Å²) in [7, 11) is -3.70. The molecule has 0 bridgehead atoms. The molecule has 0 radical (unpaired) electrons. The molecule has 0 aliphatic heterocycles. The van der Waals surface area contributed by atoms with Gasteiger partial charge in [0, 0.05) is 6.54 Å². The van der Waals surface area contributed by atoms with Crippen LogP contribution < -0.4 is 0 Å². The van der Waals surface area contributed by atoms with Crippen LogP contribution in [-0.2, 0) is 14.8 Å². The van der Waals surface area contributed by atoms with Gasteiger partial charge < -0.3 is 5.11 Å². The third-order valence-corrected chi connectivity index (χ3v) is 5.86. The van der Waals surface area contributed by atoms with Crippen LogP contribution in [0.25, 0.3) is 0 Å². The van der Waals surface area contributed by atoms with Crippen molar-refractivity contribution < 1.29 is 18.3 Å². The van der Waals surface area contributed by atoms with Gasteiger partial charge in [-0.1, -0.05) is 6.92 Å². The number of halogens is 1. The van der Waals surface area contributed by atoms with Crippen molar-refractivity contribution in [3.63, 3.8) is 0 Å². The van der Waals surface area contributed by atoms with Crippen molar-refractivity contribution >= 4 is 43.3 Å². The average Bonchev–Trinajstić information content (AvgIpc) is 2.64. The zero-order chi connectivity index (χ0) is 13.1. The molecule has 0 unspecified atom stereocenters. The highest BCUT2D eigenvalue weighted by Crippen LogP contribution is 2.28. The Kier molecular flexibility index (Phi) is 5.11. The van der Waals surface area contributed by atoms with Gasteiger partial charge in [0.25, 0.3) is 10.0 Å². The van der Waals surface area contributed by atoms with Gasteiger partial charge in [-0.2, -0.15) is 4.31 Å². The van der Waals surface area contributed by atoms with Crippen LogP contribution in [-0.4, -0.2) is 36.9 Å². The SMILES string of the molecule is CCCN(CC(=O)O)S(=O)(=O)c1ccc(Br)s1. The van der Waals surface area contributed by atoms with E-state index in [9.17, 15) is 13.2 Å². The third kappa shape index (κ3) is 3.77. The largest absolute Gasteiger partial charge is 0.480 e. The first-order valence-electron chi connectivity index (χ1n) is 4.85. The lowest BCUT2D eigenvalue weighted by molar-refractivity contribution is -0.137. The lowest BCUT2D eigenvalue weighted by Crippen LogP contribution is -2.35. The van der Waals surface area contributed by atoms with Crippen LogP contribution in [0.4, 0.5) is 0 Å². The maximum absolute atomic E-state index is 12.1. The van der Waals surface area contributed by atoms with Crippen LogP contribution in [0.2, 0.25) is 0 Å². The molecular weight excluding hydrogens is 330 g/mol. The fourth-order valence-electron chi connectivity index (χ4n) is 1.25. The number of carboxylic acids is 1. The summed E-state index contributed by atoms with van der Waals surface area (Å²) in [5.41, 5.74) is 0. The smallest absolute Gasteiger partial charge is 0.318 e. The van der Waals surface area contributed by atoms with Gasteiger partial charge in [-0.15, -0.1) is 11.3 Å². The minimum Gasteiger partial charge on any atom is -0.480 e. The fraction of sp³-hybridized carbons (Fsp3) is 0.444. The molecule has 0 fully saturated rings. The number of rotatable bonds is 6. The van der Waals surface area contributed by atoms with Gasteiger partial charge in [-0.25, -0.2) is 8.42 Å². The third-order valence-electron chi connectivity index (χ3n) is 1.93. The number of aliphatic carboxylic acids is 1. The molecule has 0 amide bonds. The van der Waals surface area contributed by atoms with Gasteiger partial charge >= 0.3 is 5.97 Å². The molecule has 1 aromatic heterocycles. The van der Waals surface area contributed by atoms with Gasteiger partial charge in [-0.05, 0) is 34.5 Å². The molecule has 0 aliphatic rings. The average molecular weight is 342 g/mol. The summed E-state index contributed by atoms with van der Waals surface area (Å²) in [6.07, 6.45) is 0.569. The minimum absolute atomic E-state index is 0.152. The number of hydrogen-bond acceptors (Lipinski definition) is 4. The first-order chi connectivity index (χ1) is 7.87. The second-order valence-electron chi connectivity index (χ2n) is 3.29. The second kappa shape index (κ2) is 5.94. The highest BCUT2D eigenvalue weighted by atomic mass is 79.9. The molecule has 0 atom stereocenters. The Labute approximate surface area is 112 Å². The van der Waals surface area contributed by atoms with Gasteiger partial charge in [0.1, 0.15) is 10.8 Å². The Bertz CT molecular complexity index is 497.